The normalized spacial score (nSPS) is 12.3. The number of rotatable bonds is 7. The quantitative estimate of drug-likeness (QED) is 0.729. The van der Waals surface area contributed by atoms with E-state index in [0.717, 1.165) is 11.3 Å². The van der Waals surface area contributed by atoms with Crippen LogP contribution >= 0.6 is 11.6 Å². The van der Waals surface area contributed by atoms with Crippen LogP contribution in [-0.4, -0.2) is 38.9 Å². The fourth-order valence-electron chi connectivity index (χ4n) is 2.54. The summed E-state index contributed by atoms with van der Waals surface area (Å²) < 4.78 is 16.6. The van der Waals surface area contributed by atoms with Crippen molar-refractivity contribution in [1.29, 1.82) is 0 Å². The molecular formula is C19H21ClN2O4. The largest absolute Gasteiger partial charge is 0.492 e. The van der Waals surface area contributed by atoms with E-state index >= 15 is 0 Å². The summed E-state index contributed by atoms with van der Waals surface area (Å²) in [7, 11) is 0. The molecule has 2 aromatic carbocycles. The molecule has 0 atom stereocenters. The first kappa shape index (κ1) is 18.2. The number of benzene rings is 2. The Morgan fingerprint density at radius 2 is 1.85 bits per heavy atom. The minimum atomic E-state index is -0.231. The van der Waals surface area contributed by atoms with Crippen LogP contribution < -0.4 is 24.8 Å². The van der Waals surface area contributed by atoms with E-state index in [1.165, 1.54) is 0 Å². The summed E-state index contributed by atoms with van der Waals surface area (Å²) in [5, 5.41) is 6.09. The van der Waals surface area contributed by atoms with Crippen LogP contribution in [0.3, 0.4) is 0 Å². The van der Waals surface area contributed by atoms with E-state index in [0.29, 0.717) is 55.9 Å². The molecular weight excluding hydrogens is 356 g/mol. The summed E-state index contributed by atoms with van der Waals surface area (Å²) in [6.45, 7) is 2.34. The van der Waals surface area contributed by atoms with Gasteiger partial charge in [0.2, 0.25) is 0 Å². The van der Waals surface area contributed by atoms with Gasteiger partial charge in [-0.15, -0.1) is 0 Å². The number of fused-ring (bicyclic) bond motifs is 1. The van der Waals surface area contributed by atoms with Crippen LogP contribution in [0, 0.1) is 0 Å². The molecule has 3 rings (SSSR count). The molecule has 7 heteroatoms. The first-order valence-electron chi connectivity index (χ1n) is 8.50. The standard InChI is InChI=1S/C19H21ClN2O4/c20-16-12-14(13-17-18(16)26-11-10-25-17)6-7-21-19(23)22-8-9-24-15-4-2-1-3-5-15/h1-5,12-13H,6-11H2,(H2,21,22,23). The van der Waals surface area contributed by atoms with E-state index in [1.54, 1.807) is 0 Å². The number of halogens is 1. The number of ether oxygens (including phenoxy) is 3. The fourth-order valence-corrected chi connectivity index (χ4v) is 2.83. The van der Waals surface area contributed by atoms with Crippen LogP contribution in [0.5, 0.6) is 17.2 Å². The van der Waals surface area contributed by atoms with Crippen LogP contribution in [0.25, 0.3) is 0 Å². The van der Waals surface area contributed by atoms with Gasteiger partial charge in [-0.25, -0.2) is 4.79 Å². The van der Waals surface area contributed by atoms with Crippen molar-refractivity contribution < 1.29 is 19.0 Å². The Kier molecular flexibility index (Phi) is 6.44. The van der Waals surface area contributed by atoms with Gasteiger partial charge in [0.05, 0.1) is 11.6 Å². The smallest absolute Gasteiger partial charge is 0.314 e. The monoisotopic (exact) mass is 376 g/mol. The molecule has 1 aliphatic rings. The van der Waals surface area contributed by atoms with E-state index in [9.17, 15) is 4.79 Å². The highest BCUT2D eigenvalue weighted by molar-refractivity contribution is 6.32. The summed E-state index contributed by atoms with van der Waals surface area (Å²) >= 11 is 6.21. The maximum Gasteiger partial charge on any atom is 0.314 e. The molecule has 0 fully saturated rings. The van der Waals surface area contributed by atoms with Crippen LogP contribution in [0.15, 0.2) is 42.5 Å². The maximum atomic E-state index is 11.8. The van der Waals surface area contributed by atoms with Gasteiger partial charge in [0.25, 0.3) is 0 Å². The number of para-hydroxylation sites is 1. The zero-order valence-corrected chi connectivity index (χ0v) is 15.1. The van der Waals surface area contributed by atoms with Gasteiger partial charge in [-0.1, -0.05) is 29.8 Å². The molecule has 2 aromatic rings. The second-order valence-corrected chi connectivity index (χ2v) is 6.10. The molecule has 0 radical (unpaired) electrons. The lowest BCUT2D eigenvalue weighted by Gasteiger charge is -2.20. The Bertz CT molecular complexity index is 740. The van der Waals surface area contributed by atoms with Gasteiger partial charge in [0.15, 0.2) is 11.5 Å². The van der Waals surface area contributed by atoms with Gasteiger partial charge in [-0.3, -0.25) is 0 Å². The van der Waals surface area contributed by atoms with Crippen LogP contribution in [0.4, 0.5) is 4.79 Å². The third-order valence-corrected chi connectivity index (χ3v) is 4.04. The van der Waals surface area contributed by atoms with Gasteiger partial charge in [-0.2, -0.15) is 0 Å². The lowest BCUT2D eigenvalue weighted by Crippen LogP contribution is -2.38. The summed E-state index contributed by atoms with van der Waals surface area (Å²) in [5.41, 5.74) is 0.979. The third-order valence-electron chi connectivity index (χ3n) is 3.76. The third kappa shape index (κ3) is 5.20. The average molecular weight is 377 g/mol. The molecule has 0 saturated carbocycles. The first-order chi connectivity index (χ1) is 12.7. The van der Waals surface area contributed by atoms with Gasteiger partial charge < -0.3 is 24.8 Å². The van der Waals surface area contributed by atoms with Crippen molar-refractivity contribution in [2.45, 2.75) is 6.42 Å². The molecule has 2 amide bonds. The number of hydrogen-bond donors (Lipinski definition) is 2. The lowest BCUT2D eigenvalue weighted by atomic mass is 10.1. The summed E-state index contributed by atoms with van der Waals surface area (Å²) in [5.74, 6) is 2.03. The number of amides is 2. The molecule has 0 saturated heterocycles. The lowest BCUT2D eigenvalue weighted by molar-refractivity contribution is 0.171. The molecule has 1 aliphatic heterocycles. The molecule has 138 valence electrons. The summed E-state index contributed by atoms with van der Waals surface area (Å²) in [6, 6.07) is 13.0. The van der Waals surface area contributed by atoms with Crippen molar-refractivity contribution in [1.82, 2.24) is 10.6 Å². The minimum absolute atomic E-state index is 0.231. The Hall–Kier alpha value is -2.60. The number of carbonyl (C=O) groups is 1. The molecule has 26 heavy (non-hydrogen) atoms. The first-order valence-corrected chi connectivity index (χ1v) is 8.88. The number of nitrogens with one attached hydrogen (secondary N) is 2. The topological polar surface area (TPSA) is 68.8 Å². The van der Waals surface area contributed by atoms with Crippen LogP contribution in [0.2, 0.25) is 5.02 Å². The predicted octanol–water partition coefficient (Wildman–Crippen LogP) is 3.03. The summed E-state index contributed by atoms with van der Waals surface area (Å²) in [6.07, 6.45) is 0.643. The van der Waals surface area contributed by atoms with Crippen molar-refractivity contribution in [2.24, 2.45) is 0 Å². The van der Waals surface area contributed by atoms with Crippen molar-refractivity contribution >= 4 is 17.6 Å². The molecule has 0 bridgehead atoms. The highest BCUT2D eigenvalue weighted by atomic mass is 35.5. The van der Waals surface area contributed by atoms with E-state index < -0.39 is 0 Å². The second kappa shape index (κ2) is 9.20. The predicted molar refractivity (Wildman–Crippen MR) is 99.5 cm³/mol. The van der Waals surface area contributed by atoms with Crippen LogP contribution in [0.1, 0.15) is 5.56 Å². The van der Waals surface area contributed by atoms with E-state index in [1.807, 2.05) is 42.5 Å². The van der Waals surface area contributed by atoms with E-state index in [4.69, 9.17) is 25.8 Å². The highest BCUT2D eigenvalue weighted by Gasteiger charge is 2.16. The highest BCUT2D eigenvalue weighted by Crippen LogP contribution is 2.38. The average Bonchev–Trinajstić information content (AvgIpc) is 2.66. The van der Waals surface area contributed by atoms with Crippen LogP contribution in [-0.2, 0) is 6.42 Å². The summed E-state index contributed by atoms with van der Waals surface area (Å²) in [4.78, 5) is 11.8. The zero-order valence-electron chi connectivity index (χ0n) is 14.3. The molecule has 1 heterocycles. The minimum Gasteiger partial charge on any atom is -0.492 e. The van der Waals surface area contributed by atoms with Gasteiger partial charge in [-0.05, 0) is 36.2 Å². The SMILES string of the molecule is O=C(NCCOc1ccccc1)NCCc1cc(Cl)c2c(c1)OCCO2. The molecule has 0 spiro atoms. The Labute approximate surface area is 157 Å². The molecule has 0 aromatic heterocycles. The molecule has 0 aliphatic carbocycles. The number of hydrogen-bond acceptors (Lipinski definition) is 4. The van der Waals surface area contributed by atoms with Gasteiger partial charge >= 0.3 is 6.03 Å². The number of carbonyl (C=O) groups excluding carboxylic acids is 1. The second-order valence-electron chi connectivity index (χ2n) is 5.70. The molecule has 2 N–H and O–H groups in total. The van der Waals surface area contributed by atoms with Gasteiger partial charge in [0.1, 0.15) is 25.6 Å². The maximum absolute atomic E-state index is 11.8. The Balaban J connectivity index is 1.35. The fraction of sp³-hybridized carbons (Fsp3) is 0.316. The number of urea groups is 1. The van der Waals surface area contributed by atoms with E-state index in [2.05, 4.69) is 10.6 Å². The van der Waals surface area contributed by atoms with E-state index in [-0.39, 0.29) is 6.03 Å². The van der Waals surface area contributed by atoms with Crippen molar-refractivity contribution in [3.8, 4) is 17.2 Å². The Morgan fingerprint density at radius 1 is 1.08 bits per heavy atom. The molecule has 0 unspecified atom stereocenters. The zero-order chi connectivity index (χ0) is 18.2. The Morgan fingerprint density at radius 3 is 2.69 bits per heavy atom. The van der Waals surface area contributed by atoms with Gasteiger partial charge in [0, 0.05) is 6.54 Å². The van der Waals surface area contributed by atoms with Crippen molar-refractivity contribution in [3.63, 3.8) is 0 Å². The van der Waals surface area contributed by atoms with Crippen molar-refractivity contribution in [3.05, 3.63) is 53.1 Å². The molecule has 6 nitrogen and oxygen atoms in total. The van der Waals surface area contributed by atoms with Crippen molar-refractivity contribution in [2.75, 3.05) is 32.9 Å².